The van der Waals surface area contributed by atoms with Crippen LogP contribution < -0.4 is 10.9 Å². The molecule has 106 valence electrons. The average Bonchev–Trinajstić information content (AvgIpc) is 2.39. The van der Waals surface area contributed by atoms with E-state index in [9.17, 15) is 4.79 Å². The lowest BCUT2D eigenvalue weighted by Crippen LogP contribution is -2.33. The van der Waals surface area contributed by atoms with Gasteiger partial charge >= 0.3 is 0 Å². The first-order chi connectivity index (χ1) is 9.15. The van der Waals surface area contributed by atoms with Crippen LogP contribution in [-0.4, -0.2) is 11.1 Å². The molecule has 0 aliphatic heterocycles. The zero-order chi connectivity index (χ0) is 13.8. The number of aryl methyl sites for hydroxylation is 1. The molecule has 1 N–H and O–H groups in total. The number of nitrogens with zero attached hydrogens (tertiary/aromatic N) is 1. The third-order valence-electron chi connectivity index (χ3n) is 3.87. The second-order valence-electron chi connectivity index (χ2n) is 5.79. The molecule has 0 saturated carbocycles. The molecule has 3 heteroatoms. The summed E-state index contributed by atoms with van der Waals surface area (Å²) < 4.78 is 2.03. The third-order valence-corrected chi connectivity index (χ3v) is 3.87. The van der Waals surface area contributed by atoms with Crippen LogP contribution in [0.4, 0.5) is 0 Å². The van der Waals surface area contributed by atoms with E-state index < -0.39 is 0 Å². The molecule has 1 heterocycles. The Bertz CT molecular complexity index is 488. The van der Waals surface area contributed by atoms with E-state index in [0.29, 0.717) is 6.54 Å². The smallest absolute Gasteiger partial charge is 0.255 e. The predicted octanol–water partition coefficient (Wildman–Crippen LogP) is 2.81. The van der Waals surface area contributed by atoms with Gasteiger partial charge in [-0.05, 0) is 64.1 Å². The van der Waals surface area contributed by atoms with Gasteiger partial charge in [0, 0.05) is 23.8 Å². The van der Waals surface area contributed by atoms with E-state index in [2.05, 4.69) is 32.2 Å². The summed E-state index contributed by atoms with van der Waals surface area (Å²) in [5.74, 6) is 0. The summed E-state index contributed by atoms with van der Waals surface area (Å²) >= 11 is 0. The van der Waals surface area contributed by atoms with Gasteiger partial charge in [-0.15, -0.1) is 0 Å². The summed E-state index contributed by atoms with van der Waals surface area (Å²) in [7, 11) is 0. The van der Waals surface area contributed by atoms with Gasteiger partial charge in [0.1, 0.15) is 0 Å². The monoisotopic (exact) mass is 262 g/mol. The van der Waals surface area contributed by atoms with Gasteiger partial charge in [-0.25, -0.2) is 0 Å². The minimum Gasteiger partial charge on any atom is -0.312 e. The Morgan fingerprint density at radius 1 is 1.32 bits per heavy atom. The van der Waals surface area contributed by atoms with Crippen LogP contribution in [0.2, 0.25) is 0 Å². The fraction of sp³-hybridized carbons (Fsp3) is 0.688. The van der Waals surface area contributed by atoms with E-state index in [1.807, 2.05) is 4.57 Å². The topological polar surface area (TPSA) is 34.0 Å². The van der Waals surface area contributed by atoms with Crippen molar-refractivity contribution in [1.29, 1.82) is 0 Å². The molecule has 0 amide bonds. The van der Waals surface area contributed by atoms with Crippen molar-refractivity contribution in [2.45, 2.75) is 65.5 Å². The number of hydrogen-bond donors (Lipinski definition) is 1. The Morgan fingerprint density at radius 2 is 2.05 bits per heavy atom. The second kappa shape index (κ2) is 6.38. The van der Waals surface area contributed by atoms with Crippen LogP contribution in [-0.2, 0) is 19.4 Å². The molecule has 0 unspecified atom stereocenters. The summed E-state index contributed by atoms with van der Waals surface area (Å²) in [6, 6.07) is 2.41. The standard InChI is InChI=1S/C16H26N2O/c1-4-9-17-11-14-10-13-7-5-6-8-15(13)18(12(2)3)16(14)19/h10,12,17H,4-9,11H2,1-3H3. The molecule has 0 saturated heterocycles. The van der Waals surface area contributed by atoms with Gasteiger partial charge in [0.05, 0.1) is 0 Å². The number of nitrogens with one attached hydrogen (secondary N) is 1. The minimum absolute atomic E-state index is 0.208. The molecule has 19 heavy (non-hydrogen) atoms. The van der Waals surface area contributed by atoms with Gasteiger partial charge in [0.2, 0.25) is 0 Å². The molecule has 1 aromatic heterocycles. The van der Waals surface area contributed by atoms with E-state index in [0.717, 1.165) is 31.4 Å². The fourth-order valence-corrected chi connectivity index (χ4v) is 2.97. The molecule has 0 spiro atoms. The van der Waals surface area contributed by atoms with Crippen molar-refractivity contribution in [3.63, 3.8) is 0 Å². The highest BCUT2D eigenvalue weighted by atomic mass is 16.1. The summed E-state index contributed by atoms with van der Waals surface area (Å²) in [5, 5.41) is 3.35. The van der Waals surface area contributed by atoms with E-state index in [1.54, 1.807) is 0 Å². The predicted molar refractivity (Wildman–Crippen MR) is 79.7 cm³/mol. The summed E-state index contributed by atoms with van der Waals surface area (Å²) in [6.45, 7) is 8.04. The van der Waals surface area contributed by atoms with Crippen molar-refractivity contribution >= 4 is 0 Å². The van der Waals surface area contributed by atoms with Crippen LogP contribution in [0.15, 0.2) is 10.9 Å². The summed E-state index contributed by atoms with van der Waals surface area (Å²) in [4.78, 5) is 12.6. The van der Waals surface area contributed by atoms with E-state index in [4.69, 9.17) is 0 Å². The van der Waals surface area contributed by atoms with Crippen molar-refractivity contribution in [2.75, 3.05) is 6.54 Å². The van der Waals surface area contributed by atoms with E-state index in [-0.39, 0.29) is 11.6 Å². The van der Waals surface area contributed by atoms with Crippen molar-refractivity contribution in [1.82, 2.24) is 9.88 Å². The highest BCUT2D eigenvalue weighted by molar-refractivity contribution is 5.29. The normalized spacial score (nSPS) is 14.7. The number of hydrogen-bond acceptors (Lipinski definition) is 2. The lowest BCUT2D eigenvalue weighted by Gasteiger charge is -2.24. The summed E-state index contributed by atoms with van der Waals surface area (Å²) in [6.07, 6.45) is 5.76. The van der Waals surface area contributed by atoms with E-state index in [1.165, 1.54) is 24.1 Å². The van der Waals surface area contributed by atoms with Gasteiger partial charge in [-0.3, -0.25) is 4.79 Å². The number of fused-ring (bicyclic) bond motifs is 1. The van der Waals surface area contributed by atoms with Crippen LogP contribution in [0.5, 0.6) is 0 Å². The average molecular weight is 262 g/mol. The lowest BCUT2D eigenvalue weighted by molar-refractivity contribution is 0.511. The largest absolute Gasteiger partial charge is 0.312 e. The fourth-order valence-electron chi connectivity index (χ4n) is 2.97. The quantitative estimate of drug-likeness (QED) is 0.828. The molecule has 1 aliphatic carbocycles. The Kier molecular flexibility index (Phi) is 4.81. The van der Waals surface area contributed by atoms with Gasteiger partial charge in [-0.1, -0.05) is 6.92 Å². The molecular weight excluding hydrogens is 236 g/mol. The van der Waals surface area contributed by atoms with Crippen molar-refractivity contribution in [3.05, 3.63) is 33.2 Å². The maximum absolute atomic E-state index is 12.6. The second-order valence-corrected chi connectivity index (χ2v) is 5.79. The van der Waals surface area contributed by atoms with Gasteiger partial charge in [0.15, 0.2) is 0 Å². The van der Waals surface area contributed by atoms with Crippen molar-refractivity contribution in [3.8, 4) is 0 Å². The molecule has 0 bridgehead atoms. The first-order valence-corrected chi connectivity index (χ1v) is 7.62. The molecule has 1 aromatic rings. The highest BCUT2D eigenvalue weighted by Gasteiger charge is 2.18. The zero-order valence-electron chi connectivity index (χ0n) is 12.5. The Labute approximate surface area is 116 Å². The Hall–Kier alpha value is -1.09. The molecule has 0 fully saturated rings. The number of pyridine rings is 1. The molecule has 0 aromatic carbocycles. The number of aromatic nitrogens is 1. The lowest BCUT2D eigenvalue weighted by atomic mass is 9.94. The maximum atomic E-state index is 12.6. The van der Waals surface area contributed by atoms with Crippen molar-refractivity contribution in [2.24, 2.45) is 0 Å². The Balaban J connectivity index is 2.39. The molecule has 3 nitrogen and oxygen atoms in total. The van der Waals surface area contributed by atoms with Crippen LogP contribution >= 0.6 is 0 Å². The van der Waals surface area contributed by atoms with Gasteiger partial charge < -0.3 is 9.88 Å². The molecule has 0 atom stereocenters. The van der Waals surface area contributed by atoms with E-state index >= 15 is 0 Å². The SMILES string of the molecule is CCCNCc1cc2c(n(C(C)C)c1=O)CCCC2. The third kappa shape index (κ3) is 3.08. The first-order valence-electron chi connectivity index (χ1n) is 7.62. The molecule has 2 rings (SSSR count). The van der Waals surface area contributed by atoms with Crippen molar-refractivity contribution < 1.29 is 0 Å². The summed E-state index contributed by atoms with van der Waals surface area (Å²) in [5.41, 5.74) is 3.82. The van der Waals surface area contributed by atoms with Crippen LogP contribution in [0, 0.1) is 0 Å². The van der Waals surface area contributed by atoms with Crippen LogP contribution in [0.3, 0.4) is 0 Å². The number of rotatable bonds is 5. The maximum Gasteiger partial charge on any atom is 0.255 e. The molecule has 0 radical (unpaired) electrons. The highest BCUT2D eigenvalue weighted by Crippen LogP contribution is 2.22. The van der Waals surface area contributed by atoms with Gasteiger partial charge in [0.25, 0.3) is 5.56 Å². The minimum atomic E-state index is 0.208. The Morgan fingerprint density at radius 3 is 2.74 bits per heavy atom. The van der Waals surface area contributed by atoms with Crippen LogP contribution in [0.1, 0.15) is 62.9 Å². The zero-order valence-corrected chi connectivity index (χ0v) is 12.5. The first kappa shape index (κ1) is 14.3. The van der Waals surface area contributed by atoms with Gasteiger partial charge in [-0.2, -0.15) is 0 Å². The molecular formula is C16H26N2O. The molecule has 1 aliphatic rings. The van der Waals surface area contributed by atoms with Crippen LogP contribution in [0.25, 0.3) is 0 Å².